The molecule has 0 aliphatic carbocycles. The molecule has 0 amide bonds. The first-order valence-electron chi connectivity index (χ1n) is 12.7. The molecular formula is C35H20N2. The maximum atomic E-state index is 5.17. The molecule has 0 aliphatic heterocycles. The van der Waals surface area contributed by atoms with E-state index in [0.29, 0.717) is 0 Å². The summed E-state index contributed by atoms with van der Waals surface area (Å²) < 4.78 is 2.35. The Morgan fingerprint density at radius 2 is 0.973 bits per heavy atom. The maximum absolute atomic E-state index is 5.17. The fourth-order valence-electron chi connectivity index (χ4n) is 6.65. The van der Waals surface area contributed by atoms with Gasteiger partial charge in [0.25, 0.3) is 0 Å². The van der Waals surface area contributed by atoms with E-state index in [9.17, 15) is 0 Å². The molecule has 0 saturated carbocycles. The second kappa shape index (κ2) is 6.83. The van der Waals surface area contributed by atoms with E-state index in [0.717, 1.165) is 17.1 Å². The summed E-state index contributed by atoms with van der Waals surface area (Å²) in [6.45, 7) is 0. The summed E-state index contributed by atoms with van der Waals surface area (Å²) in [6, 6.07) is 43.7. The Hall–Kier alpha value is -4.95. The minimum absolute atomic E-state index is 0.945. The summed E-state index contributed by atoms with van der Waals surface area (Å²) >= 11 is 0. The summed E-state index contributed by atoms with van der Waals surface area (Å²) in [5, 5.41) is 13.3. The van der Waals surface area contributed by atoms with Crippen molar-refractivity contribution in [3.05, 3.63) is 121 Å². The standard InChI is InChI=1S/C35H20N2/c1-2-9-21(10-3-1)28-16-8-18-31(36-28)37-29-17-7-15-26-25-14-6-13-24-22-11-4-5-12-23(22)27-19-20-30(37)35(33(26)29)34(27)32(24)25/h1-20H. The number of hydrogen-bond donors (Lipinski definition) is 0. The lowest BCUT2D eigenvalue weighted by molar-refractivity contribution is 1.08. The lowest BCUT2D eigenvalue weighted by atomic mass is 9.86. The second-order valence-electron chi connectivity index (χ2n) is 9.94. The fourth-order valence-corrected chi connectivity index (χ4v) is 6.65. The van der Waals surface area contributed by atoms with Gasteiger partial charge in [-0.05, 0) is 62.0 Å². The van der Waals surface area contributed by atoms with Crippen LogP contribution in [-0.4, -0.2) is 9.55 Å². The number of benzene rings is 7. The Labute approximate surface area is 212 Å². The van der Waals surface area contributed by atoms with Crippen molar-refractivity contribution >= 4 is 64.9 Å². The molecule has 0 spiro atoms. The molecule has 0 fully saturated rings. The Morgan fingerprint density at radius 3 is 1.78 bits per heavy atom. The zero-order chi connectivity index (χ0) is 24.1. The average Bonchev–Trinajstić information content (AvgIpc) is 3.32. The third-order valence-electron chi connectivity index (χ3n) is 8.10. The monoisotopic (exact) mass is 468 g/mol. The van der Waals surface area contributed by atoms with Crippen LogP contribution in [0.3, 0.4) is 0 Å². The van der Waals surface area contributed by atoms with Crippen LogP contribution in [0.15, 0.2) is 121 Å². The van der Waals surface area contributed by atoms with Crippen molar-refractivity contribution in [1.29, 1.82) is 0 Å². The van der Waals surface area contributed by atoms with Crippen molar-refractivity contribution in [2.24, 2.45) is 0 Å². The highest BCUT2D eigenvalue weighted by Gasteiger charge is 2.23. The van der Waals surface area contributed by atoms with Crippen molar-refractivity contribution < 1.29 is 0 Å². The number of fused-ring (bicyclic) bond motifs is 4. The molecule has 9 rings (SSSR count). The average molecular weight is 469 g/mol. The molecule has 0 aliphatic rings. The van der Waals surface area contributed by atoms with Crippen LogP contribution in [0.5, 0.6) is 0 Å². The fraction of sp³-hybridized carbons (Fsp3) is 0. The van der Waals surface area contributed by atoms with Gasteiger partial charge in [-0.15, -0.1) is 0 Å². The van der Waals surface area contributed by atoms with Crippen LogP contribution in [0, 0.1) is 0 Å². The van der Waals surface area contributed by atoms with E-state index in [1.165, 1.54) is 64.9 Å². The van der Waals surface area contributed by atoms with Crippen LogP contribution >= 0.6 is 0 Å². The third kappa shape index (κ3) is 2.37. The molecule has 0 radical (unpaired) electrons. The highest BCUT2D eigenvalue weighted by Crippen LogP contribution is 2.49. The van der Waals surface area contributed by atoms with Gasteiger partial charge < -0.3 is 0 Å². The molecule has 0 bridgehead atoms. The first kappa shape index (κ1) is 19.3. The van der Waals surface area contributed by atoms with Gasteiger partial charge in [-0.1, -0.05) is 97.1 Å². The topological polar surface area (TPSA) is 17.8 Å². The highest BCUT2D eigenvalue weighted by molar-refractivity contribution is 6.44. The van der Waals surface area contributed by atoms with E-state index in [4.69, 9.17) is 4.98 Å². The van der Waals surface area contributed by atoms with E-state index in [1.807, 2.05) is 6.07 Å². The largest absolute Gasteiger partial charge is 0.294 e. The molecule has 0 N–H and O–H groups in total. The van der Waals surface area contributed by atoms with E-state index >= 15 is 0 Å². The molecule has 170 valence electrons. The number of pyridine rings is 1. The van der Waals surface area contributed by atoms with E-state index < -0.39 is 0 Å². The van der Waals surface area contributed by atoms with Crippen LogP contribution in [-0.2, 0) is 0 Å². The van der Waals surface area contributed by atoms with Gasteiger partial charge in [0.2, 0.25) is 0 Å². The van der Waals surface area contributed by atoms with E-state index in [2.05, 4.69) is 120 Å². The lowest BCUT2D eigenvalue weighted by Crippen LogP contribution is -1.98. The zero-order valence-electron chi connectivity index (χ0n) is 19.9. The Bertz CT molecular complexity index is 2290. The van der Waals surface area contributed by atoms with Crippen LogP contribution < -0.4 is 0 Å². The summed E-state index contributed by atoms with van der Waals surface area (Å²) in [4.78, 5) is 5.17. The predicted octanol–water partition coefficient (Wildman–Crippen LogP) is 9.33. The van der Waals surface area contributed by atoms with Crippen molar-refractivity contribution in [1.82, 2.24) is 9.55 Å². The first-order chi connectivity index (χ1) is 18.4. The van der Waals surface area contributed by atoms with Crippen molar-refractivity contribution in [2.45, 2.75) is 0 Å². The minimum Gasteiger partial charge on any atom is -0.294 e. The molecule has 7 aromatic carbocycles. The number of nitrogens with zero attached hydrogens (tertiary/aromatic N) is 2. The van der Waals surface area contributed by atoms with Gasteiger partial charge in [0.15, 0.2) is 0 Å². The van der Waals surface area contributed by atoms with Crippen LogP contribution in [0.4, 0.5) is 0 Å². The number of rotatable bonds is 2. The van der Waals surface area contributed by atoms with Gasteiger partial charge >= 0.3 is 0 Å². The zero-order valence-corrected chi connectivity index (χ0v) is 19.9. The van der Waals surface area contributed by atoms with Crippen molar-refractivity contribution in [3.8, 4) is 17.1 Å². The molecule has 2 heteroatoms. The van der Waals surface area contributed by atoms with Gasteiger partial charge in [0.1, 0.15) is 5.82 Å². The molecule has 2 aromatic heterocycles. The quantitative estimate of drug-likeness (QED) is 0.182. The first-order valence-corrected chi connectivity index (χ1v) is 12.7. The summed E-state index contributed by atoms with van der Waals surface area (Å²) in [7, 11) is 0. The van der Waals surface area contributed by atoms with Crippen LogP contribution in [0.25, 0.3) is 82.0 Å². The summed E-state index contributed by atoms with van der Waals surface area (Å²) in [5.41, 5.74) is 4.52. The van der Waals surface area contributed by atoms with Gasteiger partial charge in [0, 0.05) is 21.7 Å². The van der Waals surface area contributed by atoms with Crippen molar-refractivity contribution in [2.75, 3.05) is 0 Å². The molecule has 2 nitrogen and oxygen atoms in total. The molecule has 0 atom stereocenters. The minimum atomic E-state index is 0.945. The highest BCUT2D eigenvalue weighted by atomic mass is 15.1. The second-order valence-corrected chi connectivity index (χ2v) is 9.94. The molecule has 9 aromatic rings. The molecule has 2 heterocycles. The van der Waals surface area contributed by atoms with Gasteiger partial charge in [-0.3, -0.25) is 4.57 Å². The summed E-state index contributed by atoms with van der Waals surface area (Å²) in [6.07, 6.45) is 0. The molecule has 37 heavy (non-hydrogen) atoms. The summed E-state index contributed by atoms with van der Waals surface area (Å²) in [5.74, 6) is 0.945. The van der Waals surface area contributed by atoms with E-state index in [-0.39, 0.29) is 0 Å². The van der Waals surface area contributed by atoms with Gasteiger partial charge in [0.05, 0.1) is 16.7 Å². The normalized spacial score (nSPS) is 12.3. The van der Waals surface area contributed by atoms with Crippen LogP contribution in [0.2, 0.25) is 0 Å². The third-order valence-corrected chi connectivity index (χ3v) is 8.10. The molecule has 0 unspecified atom stereocenters. The smallest absolute Gasteiger partial charge is 0.138 e. The number of hydrogen-bond acceptors (Lipinski definition) is 1. The Morgan fingerprint density at radius 1 is 0.378 bits per heavy atom. The Balaban J connectivity index is 1.51. The molecule has 0 saturated heterocycles. The SMILES string of the molecule is c1ccc(-c2cccc(-n3c4cccc5c6cccc7c8ccccc8c8ccc3c(c8c76)c54)n2)cc1. The lowest BCUT2D eigenvalue weighted by Gasteiger charge is -2.16. The molecular weight excluding hydrogens is 448 g/mol. The van der Waals surface area contributed by atoms with Gasteiger partial charge in [-0.2, -0.15) is 0 Å². The maximum Gasteiger partial charge on any atom is 0.138 e. The van der Waals surface area contributed by atoms with Crippen molar-refractivity contribution in [3.63, 3.8) is 0 Å². The van der Waals surface area contributed by atoms with E-state index in [1.54, 1.807) is 0 Å². The van der Waals surface area contributed by atoms with Gasteiger partial charge in [-0.25, -0.2) is 4.98 Å². The van der Waals surface area contributed by atoms with Crippen LogP contribution in [0.1, 0.15) is 0 Å². The number of aromatic nitrogens is 2. The predicted molar refractivity (Wildman–Crippen MR) is 156 cm³/mol. The Kier molecular flexibility index (Phi) is 3.56.